The summed E-state index contributed by atoms with van der Waals surface area (Å²) in [6, 6.07) is 10.7. The second kappa shape index (κ2) is 11.3. The second-order valence-electron chi connectivity index (χ2n) is 7.22. The fourth-order valence-corrected chi connectivity index (χ4v) is 3.58. The Bertz CT molecular complexity index is 726. The minimum absolute atomic E-state index is 0. The first-order valence-electron chi connectivity index (χ1n) is 9.60. The van der Waals surface area contributed by atoms with Gasteiger partial charge in [-0.1, -0.05) is 12.1 Å². The largest absolute Gasteiger partial charge is 0.384 e. The van der Waals surface area contributed by atoms with Gasteiger partial charge in [0.2, 0.25) is 0 Å². The number of halogens is 2. The Hall–Kier alpha value is -1.73. The zero-order chi connectivity index (χ0) is 19.1. The lowest BCUT2D eigenvalue weighted by Gasteiger charge is -2.19. The molecule has 7 heteroatoms. The van der Waals surface area contributed by atoms with Gasteiger partial charge in [0, 0.05) is 31.2 Å². The van der Waals surface area contributed by atoms with E-state index in [0.717, 1.165) is 55.8 Å². The minimum atomic E-state index is -0.180. The van der Waals surface area contributed by atoms with Gasteiger partial charge in [0.15, 0.2) is 0 Å². The number of hydrogen-bond acceptors (Lipinski definition) is 5. The second-order valence-corrected chi connectivity index (χ2v) is 7.22. The average Bonchev–Trinajstić information content (AvgIpc) is 3.04. The molecule has 1 aromatic heterocycles. The molecule has 2 atom stereocenters. The van der Waals surface area contributed by atoms with E-state index in [2.05, 4.69) is 21.7 Å². The van der Waals surface area contributed by atoms with Gasteiger partial charge in [-0.25, -0.2) is 9.37 Å². The molecule has 5 nitrogen and oxygen atoms in total. The first kappa shape index (κ1) is 22.6. The van der Waals surface area contributed by atoms with Crippen molar-refractivity contribution in [1.29, 1.82) is 0 Å². The van der Waals surface area contributed by atoms with Crippen molar-refractivity contribution in [3.63, 3.8) is 0 Å². The van der Waals surface area contributed by atoms with Gasteiger partial charge < -0.3 is 21.1 Å². The number of ether oxygens (including phenoxy) is 1. The zero-order valence-corrected chi connectivity index (χ0v) is 17.1. The lowest BCUT2D eigenvalue weighted by molar-refractivity contribution is 0.0397. The molecule has 1 fully saturated rings. The summed E-state index contributed by atoms with van der Waals surface area (Å²) < 4.78 is 19.2. The molecule has 1 saturated heterocycles. The van der Waals surface area contributed by atoms with Gasteiger partial charge in [0.25, 0.3) is 0 Å². The summed E-state index contributed by atoms with van der Waals surface area (Å²) in [6.07, 6.45) is 1.88. The molecule has 1 aliphatic rings. The van der Waals surface area contributed by atoms with Crippen LogP contribution in [0.3, 0.4) is 0 Å². The lowest BCUT2D eigenvalue weighted by Crippen LogP contribution is -2.29. The summed E-state index contributed by atoms with van der Waals surface area (Å²) in [7, 11) is 0. The van der Waals surface area contributed by atoms with E-state index < -0.39 is 0 Å². The Morgan fingerprint density at radius 3 is 2.89 bits per heavy atom. The number of benzene rings is 1. The molecule has 154 valence electrons. The standard InChI is InChI=1S/C21H29FN4O.ClH/c1-15-9-19(26-21(23)10-15)12-17-13-25-14-20(17)27-8-7-24-6-5-16-3-2-4-18(22)11-16;/h2-4,9-11,17,20,24-25H,5-8,12-14H2,1H3,(H2,23,26);1H/t17-,20+;/m1./s1. The summed E-state index contributed by atoms with van der Waals surface area (Å²) in [4.78, 5) is 4.44. The highest BCUT2D eigenvalue weighted by Gasteiger charge is 2.28. The molecule has 0 bridgehead atoms. The maximum atomic E-state index is 13.1. The third-order valence-electron chi connectivity index (χ3n) is 4.88. The molecule has 2 aromatic rings. The molecule has 4 N–H and O–H groups in total. The van der Waals surface area contributed by atoms with Crippen molar-refractivity contribution in [2.75, 3.05) is 38.5 Å². The maximum absolute atomic E-state index is 13.1. The van der Waals surface area contributed by atoms with Crippen LogP contribution in [-0.4, -0.2) is 43.9 Å². The fraction of sp³-hybridized carbons (Fsp3) is 0.476. The normalized spacial score (nSPS) is 18.8. The van der Waals surface area contributed by atoms with Gasteiger partial charge in [-0.2, -0.15) is 0 Å². The van der Waals surface area contributed by atoms with Gasteiger partial charge in [-0.15, -0.1) is 12.4 Å². The number of nitrogen functional groups attached to an aromatic ring is 1. The predicted octanol–water partition coefficient (Wildman–Crippen LogP) is 2.51. The van der Waals surface area contributed by atoms with Crippen molar-refractivity contribution >= 4 is 18.2 Å². The van der Waals surface area contributed by atoms with Gasteiger partial charge in [-0.3, -0.25) is 0 Å². The summed E-state index contributed by atoms with van der Waals surface area (Å²) in [6.45, 7) is 6.11. The van der Waals surface area contributed by atoms with Crippen LogP contribution in [0.1, 0.15) is 16.8 Å². The molecule has 0 aliphatic carbocycles. The van der Waals surface area contributed by atoms with Gasteiger partial charge in [0.1, 0.15) is 11.6 Å². The number of aryl methyl sites for hydroxylation is 1. The highest BCUT2D eigenvalue weighted by molar-refractivity contribution is 5.85. The highest BCUT2D eigenvalue weighted by atomic mass is 35.5. The minimum Gasteiger partial charge on any atom is -0.384 e. The Labute approximate surface area is 172 Å². The monoisotopic (exact) mass is 408 g/mol. The number of nitrogens with two attached hydrogens (primary N) is 1. The van der Waals surface area contributed by atoms with Crippen molar-refractivity contribution in [3.05, 3.63) is 59.0 Å². The Balaban J connectivity index is 0.00000280. The molecule has 1 aliphatic heterocycles. The van der Waals surface area contributed by atoms with Crippen molar-refractivity contribution in [2.24, 2.45) is 5.92 Å². The van der Waals surface area contributed by atoms with Crippen LogP contribution in [0.5, 0.6) is 0 Å². The molecule has 2 heterocycles. The number of hydrogen-bond donors (Lipinski definition) is 3. The van der Waals surface area contributed by atoms with E-state index >= 15 is 0 Å². The van der Waals surface area contributed by atoms with E-state index in [4.69, 9.17) is 10.5 Å². The lowest BCUT2D eigenvalue weighted by atomic mass is 9.99. The summed E-state index contributed by atoms with van der Waals surface area (Å²) in [5, 5.41) is 6.77. The van der Waals surface area contributed by atoms with Crippen LogP contribution in [0.4, 0.5) is 10.2 Å². The number of rotatable bonds is 9. The van der Waals surface area contributed by atoms with Crippen LogP contribution < -0.4 is 16.4 Å². The molecule has 1 aromatic carbocycles. The fourth-order valence-electron chi connectivity index (χ4n) is 3.58. The van der Waals surface area contributed by atoms with Crippen molar-refractivity contribution < 1.29 is 9.13 Å². The third-order valence-corrected chi connectivity index (χ3v) is 4.88. The van der Waals surface area contributed by atoms with Crippen molar-refractivity contribution in [1.82, 2.24) is 15.6 Å². The first-order valence-corrected chi connectivity index (χ1v) is 9.60. The molecule has 0 radical (unpaired) electrons. The van der Waals surface area contributed by atoms with E-state index in [1.54, 1.807) is 12.1 Å². The maximum Gasteiger partial charge on any atom is 0.123 e. The third kappa shape index (κ3) is 7.02. The molecule has 0 unspecified atom stereocenters. The molecule has 3 rings (SSSR count). The van der Waals surface area contributed by atoms with E-state index in [-0.39, 0.29) is 24.3 Å². The van der Waals surface area contributed by atoms with Crippen molar-refractivity contribution in [2.45, 2.75) is 25.9 Å². The Morgan fingerprint density at radius 1 is 1.25 bits per heavy atom. The summed E-state index contributed by atoms with van der Waals surface area (Å²) in [5.74, 6) is 0.808. The van der Waals surface area contributed by atoms with Gasteiger partial charge >= 0.3 is 0 Å². The van der Waals surface area contributed by atoms with E-state index in [9.17, 15) is 4.39 Å². The SMILES string of the molecule is Cc1cc(N)nc(C[C@@H]2CNC[C@@H]2OCCNCCc2cccc(F)c2)c1.Cl. The van der Waals surface area contributed by atoms with Crippen LogP contribution >= 0.6 is 12.4 Å². The predicted molar refractivity (Wildman–Crippen MR) is 113 cm³/mol. The smallest absolute Gasteiger partial charge is 0.123 e. The molecule has 0 saturated carbocycles. The van der Waals surface area contributed by atoms with Crippen LogP contribution in [0.25, 0.3) is 0 Å². The van der Waals surface area contributed by atoms with Crippen LogP contribution in [0, 0.1) is 18.7 Å². The van der Waals surface area contributed by atoms with Crippen LogP contribution in [-0.2, 0) is 17.6 Å². The summed E-state index contributed by atoms with van der Waals surface area (Å²) in [5.41, 5.74) is 9.04. The Kier molecular flexibility index (Phi) is 9.12. The van der Waals surface area contributed by atoms with Crippen LogP contribution in [0.2, 0.25) is 0 Å². The molecule has 0 amide bonds. The van der Waals surface area contributed by atoms with E-state index in [1.165, 1.54) is 6.07 Å². The van der Waals surface area contributed by atoms with E-state index in [0.29, 0.717) is 18.3 Å². The number of nitrogens with zero attached hydrogens (tertiary/aromatic N) is 1. The molecule has 0 spiro atoms. The number of anilines is 1. The van der Waals surface area contributed by atoms with Crippen molar-refractivity contribution in [3.8, 4) is 0 Å². The van der Waals surface area contributed by atoms with E-state index in [1.807, 2.05) is 19.1 Å². The van der Waals surface area contributed by atoms with Gasteiger partial charge in [-0.05, 0) is 61.7 Å². The first-order chi connectivity index (χ1) is 13.1. The number of pyridine rings is 1. The summed E-state index contributed by atoms with van der Waals surface area (Å²) >= 11 is 0. The average molecular weight is 409 g/mol. The highest BCUT2D eigenvalue weighted by Crippen LogP contribution is 2.19. The Morgan fingerprint density at radius 2 is 2.11 bits per heavy atom. The quantitative estimate of drug-likeness (QED) is 0.556. The molecule has 28 heavy (non-hydrogen) atoms. The number of nitrogens with one attached hydrogen (secondary N) is 2. The molecular formula is C21H30ClFN4O. The zero-order valence-electron chi connectivity index (χ0n) is 16.3. The topological polar surface area (TPSA) is 72.2 Å². The molecular weight excluding hydrogens is 379 g/mol. The van der Waals surface area contributed by atoms with Gasteiger partial charge in [0.05, 0.1) is 12.7 Å². The van der Waals surface area contributed by atoms with Crippen LogP contribution in [0.15, 0.2) is 36.4 Å². The number of aromatic nitrogens is 1.